The Morgan fingerprint density at radius 3 is 2.00 bits per heavy atom. The molecule has 1 aliphatic carbocycles. The molecule has 0 amide bonds. The summed E-state index contributed by atoms with van der Waals surface area (Å²) in [5.74, 6) is -2.55. The fourth-order valence-electron chi connectivity index (χ4n) is 1.03. The van der Waals surface area contributed by atoms with Gasteiger partial charge in [0.1, 0.15) is 0 Å². The van der Waals surface area contributed by atoms with Crippen molar-refractivity contribution < 1.29 is 10.2 Å². The van der Waals surface area contributed by atoms with Crippen LogP contribution in [-0.4, -0.2) is 18.5 Å². The summed E-state index contributed by atoms with van der Waals surface area (Å²) in [5.41, 5.74) is -0.854. The summed E-state index contributed by atoms with van der Waals surface area (Å²) in [4.78, 5) is 0. The Morgan fingerprint density at radius 2 is 2.00 bits per heavy atom. The van der Waals surface area contributed by atoms with E-state index >= 15 is 0 Å². The number of alkyl halides is 2. The summed E-state index contributed by atoms with van der Waals surface area (Å²) in [6.07, 6.45) is 1.21. The summed E-state index contributed by atoms with van der Waals surface area (Å²) >= 11 is 0. The Kier molecular flexibility index (Phi) is 1.28. The molecule has 0 aliphatic heterocycles. The molecule has 0 saturated heterocycles. The molecule has 9 heavy (non-hydrogen) atoms. The van der Waals surface area contributed by atoms with Gasteiger partial charge in [-0.1, -0.05) is 0 Å². The molecule has 1 saturated carbocycles. The number of nitrogens with one attached hydrogen (secondary N) is 1. The van der Waals surface area contributed by atoms with Crippen molar-refractivity contribution in [1.82, 2.24) is 5.32 Å². The number of hydrogen-bond donors (Lipinski definition) is 1. The van der Waals surface area contributed by atoms with Gasteiger partial charge in [0, 0.05) is 8.35 Å². The first kappa shape index (κ1) is 6.93. The van der Waals surface area contributed by atoms with Gasteiger partial charge in [-0.3, -0.25) is 0 Å². The monoisotopic (exact) mass is 137 g/mol. The highest BCUT2D eigenvalue weighted by atomic mass is 19.3. The molecule has 0 aromatic carbocycles. The minimum atomic E-state index is -2.55. The quantitative estimate of drug-likeness (QED) is 0.610. The number of rotatable bonds is 2. The van der Waals surface area contributed by atoms with E-state index in [1.54, 1.807) is 7.05 Å². The third-order valence-corrected chi connectivity index (χ3v) is 2.07. The summed E-state index contributed by atoms with van der Waals surface area (Å²) in [6.45, 7) is 0.969. The van der Waals surface area contributed by atoms with Crippen molar-refractivity contribution >= 4 is 0 Å². The SMILES string of the molecule is CNC1(C(C)(F)F)CC1.[HH]. The molecule has 0 spiro atoms. The second kappa shape index (κ2) is 1.66. The van der Waals surface area contributed by atoms with Gasteiger partial charge in [0.25, 0.3) is 5.92 Å². The predicted molar refractivity (Wildman–Crippen MR) is 33.8 cm³/mol. The van der Waals surface area contributed by atoms with Gasteiger partial charge in [0.15, 0.2) is 0 Å². The maximum atomic E-state index is 12.5. The molecule has 1 fully saturated rings. The first-order valence-corrected chi connectivity index (χ1v) is 3.09. The van der Waals surface area contributed by atoms with Crippen LogP contribution >= 0.6 is 0 Å². The van der Waals surface area contributed by atoms with E-state index in [4.69, 9.17) is 0 Å². The second-order valence-electron chi connectivity index (χ2n) is 2.72. The fraction of sp³-hybridized carbons (Fsp3) is 1.00. The van der Waals surface area contributed by atoms with E-state index < -0.39 is 11.5 Å². The summed E-state index contributed by atoms with van der Waals surface area (Å²) in [6, 6.07) is 0. The van der Waals surface area contributed by atoms with Gasteiger partial charge in [0.05, 0.1) is 5.54 Å². The largest absolute Gasteiger partial charge is 0.309 e. The molecule has 1 aliphatic rings. The molecule has 0 atom stereocenters. The molecular formula is C6H13F2N. The van der Waals surface area contributed by atoms with Crippen molar-refractivity contribution in [1.29, 1.82) is 0 Å². The Balaban J connectivity index is 0.000000810. The molecule has 0 unspecified atom stereocenters. The van der Waals surface area contributed by atoms with Crippen molar-refractivity contribution in [2.45, 2.75) is 31.2 Å². The minimum absolute atomic E-state index is 0. The Bertz CT molecular complexity index is 117. The molecule has 1 rings (SSSR count). The molecule has 0 aromatic heterocycles. The lowest BCUT2D eigenvalue weighted by Crippen LogP contribution is -2.43. The first-order valence-electron chi connectivity index (χ1n) is 3.09. The van der Waals surface area contributed by atoms with Gasteiger partial charge in [-0.25, -0.2) is 8.78 Å². The lowest BCUT2D eigenvalue weighted by Gasteiger charge is -2.21. The molecule has 0 aromatic rings. The van der Waals surface area contributed by atoms with Gasteiger partial charge in [-0.2, -0.15) is 0 Å². The highest BCUT2D eigenvalue weighted by molar-refractivity contribution is 5.09. The molecule has 1 N–H and O–H groups in total. The third kappa shape index (κ3) is 0.936. The molecule has 0 heterocycles. The van der Waals surface area contributed by atoms with Gasteiger partial charge in [-0.15, -0.1) is 0 Å². The van der Waals surface area contributed by atoms with Crippen LogP contribution in [0.2, 0.25) is 0 Å². The Morgan fingerprint density at radius 1 is 1.56 bits per heavy atom. The van der Waals surface area contributed by atoms with E-state index in [1.165, 1.54) is 0 Å². The van der Waals surface area contributed by atoms with E-state index in [2.05, 4.69) is 5.32 Å². The maximum absolute atomic E-state index is 12.5. The zero-order chi connectivity index (χ0) is 7.12. The molecule has 1 nitrogen and oxygen atoms in total. The minimum Gasteiger partial charge on any atom is -0.309 e. The van der Waals surface area contributed by atoms with E-state index in [9.17, 15) is 8.78 Å². The van der Waals surface area contributed by atoms with Crippen LogP contribution in [0.1, 0.15) is 21.2 Å². The van der Waals surface area contributed by atoms with Crippen molar-refractivity contribution in [3.63, 3.8) is 0 Å². The first-order chi connectivity index (χ1) is 4.02. The maximum Gasteiger partial charge on any atom is 0.263 e. The van der Waals surface area contributed by atoms with E-state index in [0.29, 0.717) is 12.8 Å². The van der Waals surface area contributed by atoms with Gasteiger partial charge >= 0.3 is 0 Å². The number of hydrogen-bond acceptors (Lipinski definition) is 1. The summed E-state index contributed by atoms with van der Waals surface area (Å²) < 4.78 is 25.0. The normalized spacial score (nSPS) is 24.0. The Labute approximate surface area is 54.9 Å². The molecule has 0 radical (unpaired) electrons. The highest BCUT2D eigenvalue weighted by Gasteiger charge is 2.57. The van der Waals surface area contributed by atoms with Gasteiger partial charge in [-0.05, 0) is 19.9 Å². The molecule has 3 heteroatoms. The van der Waals surface area contributed by atoms with E-state index in [-0.39, 0.29) is 1.43 Å². The van der Waals surface area contributed by atoms with Crippen LogP contribution in [0.5, 0.6) is 0 Å². The number of halogens is 2. The standard InChI is InChI=1S/C6H11F2N.H2/c1-5(7,8)6(9-2)3-4-6;/h9H,3-4H2,1-2H3;1H. The Hall–Kier alpha value is -0.180. The zero-order valence-electron chi connectivity index (χ0n) is 5.67. The average molecular weight is 137 g/mol. The van der Waals surface area contributed by atoms with Crippen LogP contribution in [-0.2, 0) is 0 Å². The molecular weight excluding hydrogens is 124 g/mol. The van der Waals surface area contributed by atoms with Crippen LogP contribution < -0.4 is 5.32 Å². The summed E-state index contributed by atoms with van der Waals surface area (Å²) in [7, 11) is 1.59. The lowest BCUT2D eigenvalue weighted by molar-refractivity contribution is -0.0275. The van der Waals surface area contributed by atoms with Crippen LogP contribution in [0.15, 0.2) is 0 Å². The lowest BCUT2D eigenvalue weighted by atomic mass is 10.1. The molecule has 0 bridgehead atoms. The highest BCUT2D eigenvalue weighted by Crippen LogP contribution is 2.47. The van der Waals surface area contributed by atoms with Crippen molar-refractivity contribution in [3.05, 3.63) is 0 Å². The van der Waals surface area contributed by atoms with Gasteiger partial charge < -0.3 is 5.32 Å². The second-order valence-corrected chi connectivity index (χ2v) is 2.72. The van der Waals surface area contributed by atoms with Crippen LogP contribution in [0.3, 0.4) is 0 Å². The smallest absolute Gasteiger partial charge is 0.263 e. The third-order valence-electron chi connectivity index (χ3n) is 2.07. The van der Waals surface area contributed by atoms with Crippen molar-refractivity contribution in [3.8, 4) is 0 Å². The van der Waals surface area contributed by atoms with Gasteiger partial charge in [0.2, 0.25) is 0 Å². The van der Waals surface area contributed by atoms with Crippen molar-refractivity contribution in [2.24, 2.45) is 0 Å². The van der Waals surface area contributed by atoms with Crippen LogP contribution in [0, 0.1) is 0 Å². The fourth-order valence-corrected chi connectivity index (χ4v) is 1.03. The predicted octanol–water partition coefficient (Wildman–Crippen LogP) is 1.64. The van der Waals surface area contributed by atoms with Crippen LogP contribution in [0.4, 0.5) is 8.78 Å². The van der Waals surface area contributed by atoms with E-state index in [1.807, 2.05) is 0 Å². The van der Waals surface area contributed by atoms with Crippen molar-refractivity contribution in [2.75, 3.05) is 7.05 Å². The molecule has 56 valence electrons. The zero-order valence-corrected chi connectivity index (χ0v) is 5.67. The van der Waals surface area contributed by atoms with E-state index in [0.717, 1.165) is 6.92 Å². The average Bonchev–Trinajstić information content (AvgIpc) is 2.40. The van der Waals surface area contributed by atoms with Crippen LogP contribution in [0.25, 0.3) is 0 Å². The summed E-state index contributed by atoms with van der Waals surface area (Å²) in [5, 5.41) is 2.64. The topological polar surface area (TPSA) is 12.0 Å².